The van der Waals surface area contributed by atoms with Gasteiger partial charge in [-0.25, -0.2) is 18.7 Å². The number of imide groups is 2. The number of piperidine rings is 2. The van der Waals surface area contributed by atoms with Crippen LogP contribution in [-0.2, 0) is 9.59 Å². The molecule has 2 bridgehead atoms. The van der Waals surface area contributed by atoms with Crippen molar-refractivity contribution in [1.82, 2.24) is 30.0 Å². The van der Waals surface area contributed by atoms with Crippen LogP contribution < -0.4 is 25.0 Å². The number of hydrogen-bond acceptors (Lipinski definition) is 12. The zero-order chi connectivity index (χ0) is 40.9. The summed E-state index contributed by atoms with van der Waals surface area (Å²) in [6.45, 7) is 5.82. The van der Waals surface area contributed by atoms with Gasteiger partial charge in [-0.15, -0.1) is 0 Å². The molecule has 4 saturated heterocycles. The molecule has 17 heteroatoms. The van der Waals surface area contributed by atoms with Crippen molar-refractivity contribution in [3.8, 4) is 11.5 Å². The Morgan fingerprint density at radius 2 is 1.71 bits per heavy atom. The van der Waals surface area contributed by atoms with Crippen LogP contribution in [0, 0.1) is 17.6 Å². The predicted molar refractivity (Wildman–Crippen MR) is 214 cm³/mol. The number of rotatable bonds is 12. The number of piperazine rings is 1. The van der Waals surface area contributed by atoms with Crippen LogP contribution in [0.2, 0.25) is 5.02 Å². The van der Waals surface area contributed by atoms with Gasteiger partial charge in [0.25, 0.3) is 11.8 Å². The monoisotopic (exact) mass is 828 g/mol. The Morgan fingerprint density at radius 1 is 0.915 bits per heavy atom. The molecule has 4 amide bonds. The van der Waals surface area contributed by atoms with Gasteiger partial charge in [0.15, 0.2) is 11.5 Å². The molecule has 0 aliphatic carbocycles. The molecule has 1 aromatic heterocycles. The molecule has 2 N–H and O–H groups in total. The second-order valence-electron chi connectivity index (χ2n) is 15.9. The average molecular weight is 829 g/mol. The van der Waals surface area contributed by atoms with Crippen molar-refractivity contribution >= 4 is 63.3 Å². The number of benzene rings is 3. The SMILES string of the molecule is COc1cc2ncnc(Nc3ccc(F)c(Cl)c3)c2cc1OCCCN1CCC(CN2CC3CC2CN3c2cc3c(cc2F)C(=O)N(C2CCC(=O)NC2=O)C3=O)CC1. The molecule has 14 nitrogen and oxygen atoms in total. The summed E-state index contributed by atoms with van der Waals surface area (Å²) < 4.78 is 41.2. The first-order valence-corrected chi connectivity index (χ1v) is 20.4. The first kappa shape index (κ1) is 39.0. The lowest BCUT2D eigenvalue weighted by Crippen LogP contribution is -2.54. The summed E-state index contributed by atoms with van der Waals surface area (Å²) in [7, 11) is 1.59. The van der Waals surface area contributed by atoms with Crippen molar-refractivity contribution in [1.29, 1.82) is 0 Å². The highest BCUT2D eigenvalue weighted by Crippen LogP contribution is 2.40. The molecule has 308 valence electrons. The summed E-state index contributed by atoms with van der Waals surface area (Å²) in [6, 6.07) is 9.90. The zero-order valence-corrected chi connectivity index (χ0v) is 33.1. The molecular formula is C42H43ClF2N8O6. The second-order valence-corrected chi connectivity index (χ2v) is 16.3. The minimum absolute atomic E-state index is 0.00680. The first-order chi connectivity index (χ1) is 28.5. The number of fused-ring (bicyclic) bond motifs is 4. The maximum Gasteiger partial charge on any atom is 0.262 e. The number of hydrogen-bond donors (Lipinski definition) is 2. The van der Waals surface area contributed by atoms with Crippen LogP contribution in [0.5, 0.6) is 11.5 Å². The Labute approximate surface area is 343 Å². The molecule has 3 atom stereocenters. The molecule has 9 rings (SSSR count). The molecule has 0 spiro atoms. The maximum atomic E-state index is 15.6. The third-order valence-corrected chi connectivity index (χ3v) is 12.6. The highest BCUT2D eigenvalue weighted by Gasteiger charge is 2.48. The number of nitrogens with zero attached hydrogens (tertiary/aromatic N) is 6. The molecule has 5 aliphatic rings. The highest BCUT2D eigenvalue weighted by molar-refractivity contribution is 6.31. The number of methoxy groups -OCH3 is 1. The summed E-state index contributed by atoms with van der Waals surface area (Å²) in [4.78, 5) is 67.3. The van der Waals surface area contributed by atoms with Gasteiger partial charge in [0.1, 0.15) is 29.8 Å². The Hall–Kier alpha value is -5.45. The lowest BCUT2D eigenvalue weighted by molar-refractivity contribution is -0.136. The molecule has 59 heavy (non-hydrogen) atoms. The fourth-order valence-corrected chi connectivity index (χ4v) is 9.49. The first-order valence-electron chi connectivity index (χ1n) is 20.0. The van der Waals surface area contributed by atoms with Crippen molar-refractivity contribution in [2.24, 2.45) is 5.92 Å². The fourth-order valence-electron chi connectivity index (χ4n) is 9.31. The van der Waals surface area contributed by atoms with Gasteiger partial charge in [0, 0.05) is 61.8 Å². The molecule has 3 aromatic carbocycles. The van der Waals surface area contributed by atoms with Crippen molar-refractivity contribution in [2.75, 3.05) is 63.2 Å². The number of aromatic nitrogens is 2. The van der Waals surface area contributed by atoms with E-state index in [9.17, 15) is 23.6 Å². The Morgan fingerprint density at radius 3 is 2.44 bits per heavy atom. The minimum Gasteiger partial charge on any atom is -0.493 e. The van der Waals surface area contributed by atoms with Crippen LogP contribution in [0.4, 0.5) is 26.0 Å². The van der Waals surface area contributed by atoms with E-state index < -0.39 is 41.3 Å². The quantitative estimate of drug-likeness (QED) is 0.144. The fraction of sp³-hybridized carbons (Fsp3) is 0.429. The van der Waals surface area contributed by atoms with Gasteiger partial charge in [-0.05, 0) is 87.5 Å². The molecule has 5 aliphatic heterocycles. The van der Waals surface area contributed by atoms with Crippen molar-refractivity contribution in [2.45, 2.75) is 56.7 Å². The molecule has 4 aromatic rings. The largest absolute Gasteiger partial charge is 0.493 e. The van der Waals surface area contributed by atoms with Crippen LogP contribution in [0.25, 0.3) is 10.9 Å². The second kappa shape index (κ2) is 16.0. The van der Waals surface area contributed by atoms with Crippen LogP contribution in [-0.4, -0.2) is 119 Å². The lowest BCUT2D eigenvalue weighted by Gasteiger charge is -2.39. The number of carbonyl (C=O) groups is 4. The molecule has 0 radical (unpaired) electrons. The average Bonchev–Trinajstić information content (AvgIpc) is 3.89. The molecular weight excluding hydrogens is 786 g/mol. The van der Waals surface area contributed by atoms with Crippen LogP contribution >= 0.6 is 11.6 Å². The molecule has 6 heterocycles. The van der Waals surface area contributed by atoms with E-state index in [0.717, 1.165) is 74.8 Å². The number of halogens is 3. The summed E-state index contributed by atoms with van der Waals surface area (Å²) in [5, 5.41) is 6.11. The van der Waals surface area contributed by atoms with E-state index in [0.29, 0.717) is 53.3 Å². The third-order valence-electron chi connectivity index (χ3n) is 12.3. The normalized spacial score (nSPS) is 22.4. The maximum absolute atomic E-state index is 15.6. The number of anilines is 3. The number of carbonyl (C=O) groups excluding carboxylic acids is 4. The van der Waals surface area contributed by atoms with E-state index in [1.165, 1.54) is 24.5 Å². The smallest absolute Gasteiger partial charge is 0.262 e. The molecule has 0 saturated carbocycles. The van der Waals surface area contributed by atoms with Gasteiger partial charge in [-0.2, -0.15) is 0 Å². The molecule has 4 fully saturated rings. The minimum atomic E-state index is -1.10. The lowest BCUT2D eigenvalue weighted by atomic mass is 9.95. The summed E-state index contributed by atoms with van der Waals surface area (Å²) in [5.41, 5.74) is 1.60. The number of ether oxygens (including phenoxy) is 2. The predicted octanol–water partition coefficient (Wildman–Crippen LogP) is 5.16. The van der Waals surface area contributed by atoms with E-state index in [4.69, 9.17) is 21.1 Å². The van der Waals surface area contributed by atoms with Gasteiger partial charge in [0.2, 0.25) is 11.8 Å². The van der Waals surface area contributed by atoms with E-state index in [2.05, 4.69) is 30.4 Å². The number of nitrogens with one attached hydrogen (secondary N) is 2. The van der Waals surface area contributed by atoms with Crippen LogP contribution in [0.1, 0.15) is 59.2 Å². The molecule has 3 unspecified atom stereocenters. The topological polar surface area (TPSA) is 150 Å². The van der Waals surface area contributed by atoms with E-state index in [-0.39, 0.29) is 41.1 Å². The van der Waals surface area contributed by atoms with E-state index >= 15 is 4.39 Å². The number of likely N-dealkylation sites (tertiary alicyclic amines) is 2. The van der Waals surface area contributed by atoms with E-state index in [1.54, 1.807) is 19.2 Å². The van der Waals surface area contributed by atoms with Crippen molar-refractivity contribution in [3.05, 3.63) is 76.6 Å². The van der Waals surface area contributed by atoms with Gasteiger partial charge in [0.05, 0.1) is 41.1 Å². The Kier molecular flexibility index (Phi) is 10.6. The van der Waals surface area contributed by atoms with Gasteiger partial charge < -0.3 is 24.6 Å². The third kappa shape index (κ3) is 7.53. The van der Waals surface area contributed by atoms with Crippen molar-refractivity contribution < 1.29 is 37.4 Å². The van der Waals surface area contributed by atoms with Gasteiger partial charge in [-0.3, -0.25) is 34.3 Å². The summed E-state index contributed by atoms with van der Waals surface area (Å²) in [6.07, 6.45) is 5.42. The Bertz CT molecular complexity index is 2360. The Balaban J connectivity index is 0.746. The number of amides is 4. The van der Waals surface area contributed by atoms with Crippen molar-refractivity contribution in [3.63, 3.8) is 0 Å². The zero-order valence-electron chi connectivity index (χ0n) is 32.4. The van der Waals surface area contributed by atoms with E-state index in [1.807, 2.05) is 11.0 Å². The standard InChI is InChI=1S/C42H43ClF2N8O6/c1-58-36-18-33-29(39(47-22-46-33)48-24-3-4-31(44)30(43)13-24)17-37(36)59-12-2-9-50-10-7-23(8-11-50)19-51-20-26-14-25(51)21-52(26)35-16-28-27(15-32(35)45)41(56)53(42(28)57)34-5-6-38(54)49-40(34)55/h3-4,13,15-18,22-23,25-26,34H,2,5-12,14,19-21H2,1H3,(H,46,47,48)(H,49,54,55). The summed E-state index contributed by atoms with van der Waals surface area (Å²) in [5.74, 6) is -1.32. The summed E-state index contributed by atoms with van der Waals surface area (Å²) >= 11 is 5.98. The highest BCUT2D eigenvalue weighted by atomic mass is 35.5. The van der Waals surface area contributed by atoms with Crippen LogP contribution in [0.3, 0.4) is 0 Å². The van der Waals surface area contributed by atoms with Gasteiger partial charge in [-0.1, -0.05) is 11.6 Å². The van der Waals surface area contributed by atoms with Crippen LogP contribution in [0.15, 0.2) is 48.8 Å². The van der Waals surface area contributed by atoms with Gasteiger partial charge >= 0.3 is 0 Å².